The van der Waals surface area contributed by atoms with E-state index in [0.29, 0.717) is 5.96 Å². The lowest BCUT2D eigenvalue weighted by atomic mass is 10.3. The predicted octanol–water partition coefficient (Wildman–Crippen LogP) is 3.09. The summed E-state index contributed by atoms with van der Waals surface area (Å²) >= 11 is 2.00. The fourth-order valence-corrected chi connectivity index (χ4v) is 2.11. The zero-order chi connectivity index (χ0) is 12.2. The number of thioether (sulfide) groups is 1. The molecule has 0 heterocycles. The standard InChI is InChI=1S/C12H27N3S.HI/c1-4-5-7-14-12(13)15-8-6-9-16-10-11(2)3;/h11H,4-10H2,1-3H3,(H3,13,14,15);1H. The quantitative estimate of drug-likeness (QED) is 0.283. The molecule has 3 nitrogen and oxygen atoms in total. The van der Waals surface area contributed by atoms with Gasteiger partial charge in [0.2, 0.25) is 0 Å². The van der Waals surface area contributed by atoms with E-state index < -0.39 is 0 Å². The second-order valence-corrected chi connectivity index (χ2v) is 5.52. The van der Waals surface area contributed by atoms with Crippen LogP contribution in [0.2, 0.25) is 0 Å². The van der Waals surface area contributed by atoms with Crippen LogP contribution in [0.4, 0.5) is 0 Å². The number of guanidine groups is 1. The van der Waals surface area contributed by atoms with Crippen molar-refractivity contribution in [1.82, 2.24) is 5.32 Å². The Bertz CT molecular complexity index is 187. The SMILES string of the molecule is CCCCNC(N)=NCCCSCC(C)C.I. The van der Waals surface area contributed by atoms with Crippen molar-refractivity contribution in [2.24, 2.45) is 16.6 Å². The van der Waals surface area contributed by atoms with Crippen LogP contribution in [0.5, 0.6) is 0 Å². The molecule has 0 unspecified atom stereocenters. The smallest absolute Gasteiger partial charge is 0.188 e. The zero-order valence-corrected chi connectivity index (χ0v) is 14.5. The van der Waals surface area contributed by atoms with E-state index in [1.807, 2.05) is 11.8 Å². The Kier molecular flexibility index (Phi) is 16.7. The molecule has 0 aliphatic carbocycles. The van der Waals surface area contributed by atoms with Gasteiger partial charge in [0, 0.05) is 13.1 Å². The maximum absolute atomic E-state index is 5.71. The van der Waals surface area contributed by atoms with Crippen LogP contribution in [0.3, 0.4) is 0 Å². The van der Waals surface area contributed by atoms with Gasteiger partial charge in [0.1, 0.15) is 0 Å². The second kappa shape index (κ2) is 14.4. The Morgan fingerprint density at radius 3 is 2.65 bits per heavy atom. The molecule has 0 aromatic heterocycles. The van der Waals surface area contributed by atoms with Gasteiger partial charge in [-0.1, -0.05) is 27.2 Å². The molecule has 0 saturated carbocycles. The van der Waals surface area contributed by atoms with Crippen molar-refractivity contribution in [3.05, 3.63) is 0 Å². The van der Waals surface area contributed by atoms with Crippen LogP contribution in [0.1, 0.15) is 40.0 Å². The molecule has 0 spiro atoms. The van der Waals surface area contributed by atoms with Gasteiger partial charge in [-0.2, -0.15) is 11.8 Å². The molecule has 0 rings (SSSR count). The van der Waals surface area contributed by atoms with Gasteiger partial charge in [0.25, 0.3) is 0 Å². The Balaban J connectivity index is 0. The molecule has 0 aliphatic heterocycles. The first-order chi connectivity index (χ1) is 7.66. The molecule has 0 fully saturated rings. The topological polar surface area (TPSA) is 50.4 Å². The van der Waals surface area contributed by atoms with Crippen LogP contribution in [-0.2, 0) is 0 Å². The number of aliphatic imine (C=N–C) groups is 1. The fraction of sp³-hybridized carbons (Fsp3) is 0.917. The summed E-state index contributed by atoms with van der Waals surface area (Å²) < 4.78 is 0. The van der Waals surface area contributed by atoms with Crippen LogP contribution in [0, 0.1) is 5.92 Å². The largest absolute Gasteiger partial charge is 0.370 e. The molecule has 3 N–H and O–H groups in total. The van der Waals surface area contributed by atoms with Crippen molar-refractivity contribution >= 4 is 41.7 Å². The third kappa shape index (κ3) is 16.4. The zero-order valence-electron chi connectivity index (χ0n) is 11.4. The summed E-state index contributed by atoms with van der Waals surface area (Å²) in [6.45, 7) is 8.45. The summed E-state index contributed by atoms with van der Waals surface area (Å²) in [6.07, 6.45) is 3.46. The first-order valence-electron chi connectivity index (χ1n) is 6.28. The van der Waals surface area contributed by atoms with E-state index in [1.54, 1.807) is 0 Å². The number of hydrogen-bond donors (Lipinski definition) is 2. The molecule has 0 aliphatic rings. The summed E-state index contributed by atoms with van der Waals surface area (Å²) in [7, 11) is 0. The second-order valence-electron chi connectivity index (χ2n) is 4.37. The van der Waals surface area contributed by atoms with Crippen molar-refractivity contribution in [3.8, 4) is 0 Å². The minimum absolute atomic E-state index is 0. The average Bonchev–Trinajstić information content (AvgIpc) is 2.23. The maximum atomic E-state index is 5.71. The highest BCUT2D eigenvalue weighted by molar-refractivity contribution is 14.0. The number of nitrogens with two attached hydrogens (primary N) is 1. The van der Waals surface area contributed by atoms with E-state index in [-0.39, 0.29) is 24.0 Å². The average molecular weight is 373 g/mol. The van der Waals surface area contributed by atoms with Gasteiger partial charge in [-0.25, -0.2) is 0 Å². The van der Waals surface area contributed by atoms with Gasteiger partial charge in [-0.05, 0) is 30.3 Å². The molecule has 0 saturated heterocycles. The van der Waals surface area contributed by atoms with Crippen LogP contribution in [0.25, 0.3) is 0 Å². The Hall–Kier alpha value is 0.350. The number of rotatable bonds is 9. The van der Waals surface area contributed by atoms with Gasteiger partial charge >= 0.3 is 0 Å². The van der Waals surface area contributed by atoms with Crippen molar-refractivity contribution in [1.29, 1.82) is 0 Å². The van der Waals surface area contributed by atoms with Gasteiger partial charge in [0.15, 0.2) is 5.96 Å². The lowest BCUT2D eigenvalue weighted by molar-refractivity contribution is 0.745. The van der Waals surface area contributed by atoms with E-state index in [1.165, 1.54) is 17.9 Å². The molecule has 5 heteroatoms. The van der Waals surface area contributed by atoms with E-state index >= 15 is 0 Å². The summed E-state index contributed by atoms with van der Waals surface area (Å²) in [5.41, 5.74) is 5.71. The fourth-order valence-electron chi connectivity index (χ4n) is 1.13. The lowest BCUT2D eigenvalue weighted by Gasteiger charge is -2.05. The summed E-state index contributed by atoms with van der Waals surface area (Å²) in [6, 6.07) is 0. The maximum Gasteiger partial charge on any atom is 0.188 e. The van der Waals surface area contributed by atoms with E-state index in [9.17, 15) is 0 Å². The van der Waals surface area contributed by atoms with Gasteiger partial charge in [-0.15, -0.1) is 24.0 Å². The van der Waals surface area contributed by atoms with Gasteiger partial charge in [-0.3, -0.25) is 4.99 Å². The number of unbranched alkanes of at least 4 members (excludes halogenated alkanes) is 1. The number of halogens is 1. The molecule has 104 valence electrons. The highest BCUT2D eigenvalue weighted by Gasteiger charge is 1.94. The first-order valence-corrected chi connectivity index (χ1v) is 7.43. The highest BCUT2D eigenvalue weighted by Crippen LogP contribution is 2.08. The Morgan fingerprint density at radius 1 is 1.35 bits per heavy atom. The van der Waals surface area contributed by atoms with Gasteiger partial charge < -0.3 is 11.1 Å². The van der Waals surface area contributed by atoms with Crippen molar-refractivity contribution in [2.45, 2.75) is 40.0 Å². The third-order valence-electron chi connectivity index (χ3n) is 2.02. The molecular formula is C12H28IN3S. The minimum atomic E-state index is 0. The van der Waals surface area contributed by atoms with Crippen molar-refractivity contribution in [2.75, 3.05) is 24.6 Å². The summed E-state index contributed by atoms with van der Waals surface area (Å²) in [5, 5.41) is 3.11. The van der Waals surface area contributed by atoms with Gasteiger partial charge in [0.05, 0.1) is 0 Å². The molecule has 0 aromatic carbocycles. The Labute approximate surface area is 128 Å². The predicted molar refractivity (Wildman–Crippen MR) is 91.6 cm³/mol. The molecule has 0 bridgehead atoms. The summed E-state index contributed by atoms with van der Waals surface area (Å²) in [5.74, 6) is 3.81. The highest BCUT2D eigenvalue weighted by atomic mass is 127. The first kappa shape index (κ1) is 19.7. The lowest BCUT2D eigenvalue weighted by Crippen LogP contribution is -2.32. The van der Waals surface area contributed by atoms with Crippen LogP contribution >= 0.6 is 35.7 Å². The van der Waals surface area contributed by atoms with Crippen molar-refractivity contribution in [3.63, 3.8) is 0 Å². The molecule has 0 aromatic rings. The monoisotopic (exact) mass is 373 g/mol. The molecular weight excluding hydrogens is 345 g/mol. The van der Waals surface area contributed by atoms with E-state index in [2.05, 4.69) is 31.1 Å². The summed E-state index contributed by atoms with van der Waals surface area (Å²) in [4.78, 5) is 4.28. The molecule has 0 radical (unpaired) electrons. The number of nitrogens with one attached hydrogen (secondary N) is 1. The number of hydrogen-bond acceptors (Lipinski definition) is 2. The normalized spacial score (nSPS) is 11.4. The Morgan fingerprint density at radius 2 is 2.06 bits per heavy atom. The molecule has 17 heavy (non-hydrogen) atoms. The van der Waals surface area contributed by atoms with E-state index in [0.717, 1.165) is 31.8 Å². The van der Waals surface area contributed by atoms with Crippen LogP contribution in [0.15, 0.2) is 4.99 Å². The number of nitrogens with zero attached hydrogens (tertiary/aromatic N) is 1. The molecule has 0 amide bonds. The van der Waals surface area contributed by atoms with Crippen LogP contribution < -0.4 is 11.1 Å². The van der Waals surface area contributed by atoms with E-state index in [4.69, 9.17) is 5.73 Å². The van der Waals surface area contributed by atoms with Crippen LogP contribution in [-0.4, -0.2) is 30.6 Å². The van der Waals surface area contributed by atoms with Crippen molar-refractivity contribution < 1.29 is 0 Å². The third-order valence-corrected chi connectivity index (χ3v) is 3.50. The minimum Gasteiger partial charge on any atom is -0.370 e. The molecule has 0 atom stereocenters.